The number of para-hydroxylation sites is 2. The van der Waals surface area contributed by atoms with Crippen LogP contribution in [0.2, 0.25) is 0 Å². The number of phenols is 1. The lowest BCUT2D eigenvalue weighted by Gasteiger charge is -2.10. The number of nitrogens with one attached hydrogen (secondary N) is 2. The van der Waals surface area contributed by atoms with Gasteiger partial charge in [-0.15, -0.1) is 0 Å². The molecule has 0 saturated carbocycles. The van der Waals surface area contributed by atoms with E-state index in [4.69, 9.17) is 0 Å². The molecule has 0 unspecified atom stereocenters. The van der Waals surface area contributed by atoms with E-state index in [1.807, 2.05) is 0 Å². The second-order valence-corrected chi connectivity index (χ2v) is 5.06. The van der Waals surface area contributed by atoms with Crippen LogP contribution in [0.5, 0.6) is 5.75 Å². The second kappa shape index (κ2) is 7.73. The Morgan fingerprint density at radius 1 is 1.16 bits per heavy atom. The van der Waals surface area contributed by atoms with Crippen LogP contribution < -0.4 is 10.6 Å². The molecular formula is C17H15N3O5. The van der Waals surface area contributed by atoms with Gasteiger partial charge < -0.3 is 15.7 Å². The molecule has 0 radical (unpaired) electrons. The van der Waals surface area contributed by atoms with E-state index in [0.29, 0.717) is 5.56 Å². The molecule has 0 bridgehead atoms. The zero-order valence-electron chi connectivity index (χ0n) is 13.2. The quantitative estimate of drug-likeness (QED) is 0.334. The van der Waals surface area contributed by atoms with E-state index >= 15 is 0 Å². The number of anilines is 1. The first-order valence-corrected chi connectivity index (χ1v) is 7.20. The van der Waals surface area contributed by atoms with E-state index in [2.05, 4.69) is 10.6 Å². The smallest absolute Gasteiger partial charge is 0.272 e. The highest BCUT2D eigenvalue weighted by Crippen LogP contribution is 2.22. The second-order valence-electron chi connectivity index (χ2n) is 5.06. The first-order valence-electron chi connectivity index (χ1n) is 7.20. The number of hydrogen-bond donors (Lipinski definition) is 3. The van der Waals surface area contributed by atoms with Gasteiger partial charge in [-0.05, 0) is 23.8 Å². The Labute approximate surface area is 142 Å². The van der Waals surface area contributed by atoms with E-state index in [9.17, 15) is 24.8 Å². The van der Waals surface area contributed by atoms with Crippen molar-refractivity contribution in [3.63, 3.8) is 0 Å². The minimum atomic E-state index is -0.678. The molecule has 0 fully saturated rings. The molecule has 2 aromatic carbocycles. The molecule has 2 aromatic rings. The van der Waals surface area contributed by atoms with Gasteiger partial charge in [0.25, 0.3) is 11.6 Å². The van der Waals surface area contributed by atoms with E-state index in [-0.39, 0.29) is 22.8 Å². The lowest BCUT2D eigenvalue weighted by molar-refractivity contribution is -0.384. The van der Waals surface area contributed by atoms with Gasteiger partial charge in [0.15, 0.2) is 0 Å². The van der Waals surface area contributed by atoms with Gasteiger partial charge in [-0.1, -0.05) is 24.3 Å². The molecule has 0 aliphatic rings. The third-order valence-corrected chi connectivity index (χ3v) is 3.10. The number of nitrogens with zero attached hydrogens (tertiary/aromatic N) is 1. The molecule has 0 spiro atoms. The van der Waals surface area contributed by atoms with E-state index in [0.717, 1.165) is 0 Å². The van der Waals surface area contributed by atoms with Crippen molar-refractivity contribution in [2.75, 3.05) is 5.32 Å². The summed E-state index contributed by atoms with van der Waals surface area (Å²) in [5, 5.41) is 25.4. The molecule has 8 nitrogen and oxygen atoms in total. The van der Waals surface area contributed by atoms with Crippen molar-refractivity contribution in [2.45, 2.75) is 6.92 Å². The molecule has 0 saturated heterocycles. The van der Waals surface area contributed by atoms with Crippen molar-refractivity contribution in [1.29, 1.82) is 0 Å². The van der Waals surface area contributed by atoms with Crippen molar-refractivity contribution in [2.24, 2.45) is 0 Å². The van der Waals surface area contributed by atoms with Crippen LogP contribution in [-0.4, -0.2) is 21.8 Å². The van der Waals surface area contributed by atoms with Crippen LogP contribution in [0.1, 0.15) is 12.5 Å². The summed E-state index contributed by atoms with van der Waals surface area (Å²) in [6, 6.07) is 11.7. The summed E-state index contributed by atoms with van der Waals surface area (Å²) in [4.78, 5) is 34.0. The molecule has 25 heavy (non-hydrogen) atoms. The molecule has 2 rings (SSSR count). The van der Waals surface area contributed by atoms with Crippen LogP contribution in [0.25, 0.3) is 6.08 Å². The summed E-state index contributed by atoms with van der Waals surface area (Å²) in [5.74, 6) is -1.29. The van der Waals surface area contributed by atoms with Crippen LogP contribution in [0.15, 0.2) is 54.2 Å². The van der Waals surface area contributed by atoms with Crippen molar-refractivity contribution < 1.29 is 19.6 Å². The number of amides is 2. The lowest BCUT2D eigenvalue weighted by atomic mass is 10.1. The Bertz CT molecular complexity index is 861. The minimum absolute atomic E-state index is 0.115. The zero-order chi connectivity index (χ0) is 18.4. The number of benzene rings is 2. The van der Waals surface area contributed by atoms with Crippen molar-refractivity contribution in [3.8, 4) is 5.75 Å². The third-order valence-electron chi connectivity index (χ3n) is 3.10. The largest absolute Gasteiger partial charge is 0.506 e. The average molecular weight is 341 g/mol. The van der Waals surface area contributed by atoms with Gasteiger partial charge in [0.1, 0.15) is 11.4 Å². The van der Waals surface area contributed by atoms with Crippen LogP contribution >= 0.6 is 0 Å². The molecule has 8 heteroatoms. The molecule has 3 N–H and O–H groups in total. The molecule has 0 aromatic heterocycles. The Balaban J connectivity index is 2.33. The molecule has 2 amide bonds. The number of aromatic hydroxyl groups is 1. The highest BCUT2D eigenvalue weighted by Gasteiger charge is 2.14. The maximum absolute atomic E-state index is 12.4. The van der Waals surface area contributed by atoms with Crippen molar-refractivity contribution in [3.05, 3.63) is 69.9 Å². The highest BCUT2D eigenvalue weighted by molar-refractivity contribution is 6.09. The number of carbonyl (C=O) groups excluding carboxylic acids is 2. The molecule has 0 aliphatic carbocycles. The van der Waals surface area contributed by atoms with Gasteiger partial charge in [-0.2, -0.15) is 0 Å². The zero-order valence-corrected chi connectivity index (χ0v) is 13.2. The third kappa shape index (κ3) is 4.90. The molecule has 128 valence electrons. The van der Waals surface area contributed by atoms with Gasteiger partial charge in [0.2, 0.25) is 5.91 Å². The maximum Gasteiger partial charge on any atom is 0.272 e. The fourth-order valence-corrected chi connectivity index (χ4v) is 2.01. The number of nitro benzene ring substituents is 1. The van der Waals surface area contributed by atoms with Crippen molar-refractivity contribution >= 4 is 29.3 Å². The van der Waals surface area contributed by atoms with E-state index < -0.39 is 16.7 Å². The summed E-state index contributed by atoms with van der Waals surface area (Å²) >= 11 is 0. The number of rotatable bonds is 5. The summed E-state index contributed by atoms with van der Waals surface area (Å²) in [6.07, 6.45) is 1.31. The Morgan fingerprint density at radius 2 is 1.88 bits per heavy atom. The molecule has 0 atom stereocenters. The van der Waals surface area contributed by atoms with E-state index in [1.54, 1.807) is 18.2 Å². The topological polar surface area (TPSA) is 122 Å². The van der Waals surface area contributed by atoms with Crippen LogP contribution in [0.3, 0.4) is 0 Å². The van der Waals surface area contributed by atoms with Crippen LogP contribution in [0.4, 0.5) is 11.4 Å². The van der Waals surface area contributed by atoms with Crippen LogP contribution in [-0.2, 0) is 9.59 Å². The predicted octanol–water partition coefficient (Wildman–Crippen LogP) is 2.42. The maximum atomic E-state index is 12.4. The molecule has 0 aliphatic heterocycles. The van der Waals surface area contributed by atoms with Gasteiger partial charge >= 0.3 is 0 Å². The Hall–Kier alpha value is -3.68. The van der Waals surface area contributed by atoms with Crippen molar-refractivity contribution in [1.82, 2.24) is 5.32 Å². The SMILES string of the molecule is CC(=O)NC(=Cc1cccc([N+](=O)[O-])c1)C(=O)Nc1ccccc1O. The van der Waals surface area contributed by atoms with E-state index in [1.165, 1.54) is 43.3 Å². The normalized spacial score (nSPS) is 10.8. The first kappa shape index (κ1) is 17.7. The lowest BCUT2D eigenvalue weighted by Crippen LogP contribution is -2.28. The summed E-state index contributed by atoms with van der Waals surface area (Å²) in [5.41, 5.74) is 0.279. The number of carbonyl (C=O) groups is 2. The van der Waals surface area contributed by atoms with Gasteiger partial charge in [0.05, 0.1) is 10.6 Å². The number of non-ortho nitro benzene ring substituents is 1. The van der Waals surface area contributed by atoms with Gasteiger partial charge in [-0.3, -0.25) is 19.7 Å². The molecular weight excluding hydrogens is 326 g/mol. The van der Waals surface area contributed by atoms with Gasteiger partial charge in [-0.25, -0.2) is 0 Å². The number of phenolic OH excluding ortho intramolecular Hbond substituents is 1. The fraction of sp³-hybridized carbons (Fsp3) is 0.0588. The standard InChI is InChI=1S/C17H15N3O5/c1-11(21)18-15(10-12-5-4-6-13(9-12)20(24)25)17(23)19-14-7-2-3-8-16(14)22/h2-10,22H,1H3,(H,18,21)(H,19,23). The summed E-state index contributed by atoms with van der Waals surface area (Å²) in [6.45, 7) is 1.23. The number of hydrogen-bond acceptors (Lipinski definition) is 5. The summed E-state index contributed by atoms with van der Waals surface area (Å²) < 4.78 is 0. The molecule has 0 heterocycles. The monoisotopic (exact) mass is 341 g/mol. The number of nitro groups is 1. The summed E-state index contributed by atoms with van der Waals surface area (Å²) in [7, 11) is 0. The average Bonchev–Trinajstić information content (AvgIpc) is 2.56. The first-order chi connectivity index (χ1) is 11.9. The predicted molar refractivity (Wildman–Crippen MR) is 91.6 cm³/mol. The van der Waals surface area contributed by atoms with Gasteiger partial charge in [0, 0.05) is 19.1 Å². The van der Waals surface area contributed by atoms with Crippen LogP contribution in [0, 0.1) is 10.1 Å². The highest BCUT2D eigenvalue weighted by atomic mass is 16.6. The fourth-order valence-electron chi connectivity index (χ4n) is 2.01. The Kier molecular flexibility index (Phi) is 5.47. The Morgan fingerprint density at radius 3 is 2.52 bits per heavy atom. The minimum Gasteiger partial charge on any atom is -0.506 e.